The first-order valence-corrected chi connectivity index (χ1v) is 10.5. The fraction of sp³-hybridized carbons (Fsp3) is 0.318. The molecule has 1 aromatic carbocycles. The van der Waals surface area contributed by atoms with Gasteiger partial charge in [0.1, 0.15) is 5.69 Å². The molecule has 2 N–H and O–H groups in total. The van der Waals surface area contributed by atoms with Crippen molar-refractivity contribution in [2.45, 2.75) is 31.9 Å². The van der Waals surface area contributed by atoms with E-state index in [2.05, 4.69) is 39.6 Å². The van der Waals surface area contributed by atoms with E-state index in [0.717, 1.165) is 27.9 Å². The molecule has 1 aliphatic heterocycles. The first-order valence-electron chi connectivity index (χ1n) is 9.60. The first-order chi connectivity index (χ1) is 14.1. The number of benzene rings is 1. The average Bonchev–Trinajstić information content (AvgIpc) is 3.27. The standard InChI is InChI=1S/C22H23N3O3S/c1-14-10-23-19(22(27)25-18-6-7-28-11-21(18)26)9-17(14)8-15-2-4-16(5-3-15)20-12-29-13-24-20/h2-5,9-10,12-13,18,21,26H,6-8,11H2,1H3,(H,25,27). The van der Waals surface area contributed by atoms with Gasteiger partial charge in [-0.15, -0.1) is 11.3 Å². The van der Waals surface area contributed by atoms with Crippen molar-refractivity contribution in [2.24, 2.45) is 0 Å². The lowest BCUT2D eigenvalue weighted by Gasteiger charge is -2.28. The monoisotopic (exact) mass is 409 g/mol. The largest absolute Gasteiger partial charge is 0.389 e. The van der Waals surface area contributed by atoms with Crippen LogP contribution in [-0.4, -0.2) is 46.3 Å². The fourth-order valence-corrected chi connectivity index (χ4v) is 3.94. The van der Waals surface area contributed by atoms with Gasteiger partial charge >= 0.3 is 0 Å². The molecular formula is C22H23N3O3S. The minimum atomic E-state index is -0.686. The lowest BCUT2D eigenvalue weighted by molar-refractivity contribution is -0.0261. The van der Waals surface area contributed by atoms with Gasteiger partial charge in [-0.05, 0) is 42.5 Å². The molecule has 4 rings (SSSR count). The van der Waals surface area contributed by atoms with Crippen LogP contribution in [0.3, 0.4) is 0 Å². The molecular weight excluding hydrogens is 386 g/mol. The second kappa shape index (κ2) is 8.82. The topological polar surface area (TPSA) is 84.3 Å². The molecule has 3 heterocycles. The SMILES string of the molecule is Cc1cnc(C(=O)NC2CCOCC2O)cc1Cc1ccc(-c2cscn2)cc1. The predicted molar refractivity (Wildman–Crippen MR) is 112 cm³/mol. The summed E-state index contributed by atoms with van der Waals surface area (Å²) in [5.41, 5.74) is 7.52. The van der Waals surface area contributed by atoms with Gasteiger partial charge in [-0.1, -0.05) is 24.3 Å². The number of rotatable bonds is 5. The van der Waals surface area contributed by atoms with E-state index < -0.39 is 6.10 Å². The van der Waals surface area contributed by atoms with Gasteiger partial charge in [-0.25, -0.2) is 4.98 Å². The van der Waals surface area contributed by atoms with Crippen LogP contribution in [0.1, 0.15) is 33.6 Å². The van der Waals surface area contributed by atoms with Crippen molar-refractivity contribution in [3.05, 3.63) is 69.8 Å². The van der Waals surface area contributed by atoms with E-state index in [1.54, 1.807) is 17.5 Å². The summed E-state index contributed by atoms with van der Waals surface area (Å²) in [6, 6.07) is 9.85. The minimum absolute atomic E-state index is 0.244. The van der Waals surface area contributed by atoms with E-state index in [1.807, 2.05) is 23.9 Å². The summed E-state index contributed by atoms with van der Waals surface area (Å²) in [5.74, 6) is -0.268. The number of amides is 1. The summed E-state index contributed by atoms with van der Waals surface area (Å²) in [6.07, 6.45) is 2.35. The van der Waals surface area contributed by atoms with E-state index in [-0.39, 0.29) is 18.6 Å². The minimum Gasteiger partial charge on any atom is -0.389 e. The zero-order valence-corrected chi connectivity index (χ0v) is 17.0. The quantitative estimate of drug-likeness (QED) is 0.677. The molecule has 7 heteroatoms. The van der Waals surface area contributed by atoms with Gasteiger partial charge in [0.2, 0.25) is 0 Å². The van der Waals surface area contributed by atoms with E-state index >= 15 is 0 Å². The first kappa shape index (κ1) is 19.7. The Bertz CT molecular complexity index is 973. The molecule has 1 aliphatic rings. The molecule has 3 aromatic rings. The maximum atomic E-state index is 12.6. The van der Waals surface area contributed by atoms with Gasteiger partial charge in [0.25, 0.3) is 5.91 Å². The van der Waals surface area contributed by atoms with Gasteiger partial charge in [-0.2, -0.15) is 0 Å². The van der Waals surface area contributed by atoms with Crippen molar-refractivity contribution in [1.29, 1.82) is 0 Å². The number of hydrogen-bond donors (Lipinski definition) is 2. The molecule has 0 spiro atoms. The number of carbonyl (C=O) groups excluding carboxylic acids is 1. The maximum Gasteiger partial charge on any atom is 0.270 e. The van der Waals surface area contributed by atoms with Gasteiger partial charge in [0.05, 0.1) is 30.0 Å². The Hall–Kier alpha value is -2.61. The van der Waals surface area contributed by atoms with E-state index in [9.17, 15) is 9.90 Å². The molecule has 150 valence electrons. The van der Waals surface area contributed by atoms with Crippen molar-refractivity contribution in [2.75, 3.05) is 13.2 Å². The normalized spacial score (nSPS) is 19.1. The third-order valence-corrected chi connectivity index (χ3v) is 5.75. The van der Waals surface area contributed by atoms with E-state index in [0.29, 0.717) is 25.1 Å². The Labute approximate surface area is 173 Å². The van der Waals surface area contributed by atoms with Crippen LogP contribution in [-0.2, 0) is 11.2 Å². The molecule has 2 unspecified atom stereocenters. The second-order valence-corrected chi connectivity index (χ2v) is 7.97. The Balaban J connectivity index is 1.47. The number of nitrogens with one attached hydrogen (secondary N) is 1. The fourth-order valence-electron chi connectivity index (χ4n) is 3.38. The van der Waals surface area contributed by atoms with Crippen LogP contribution in [0.15, 0.2) is 47.4 Å². The number of pyridine rings is 1. The maximum absolute atomic E-state index is 12.6. The van der Waals surface area contributed by atoms with E-state index in [4.69, 9.17) is 4.74 Å². The number of thiazole rings is 1. The number of aryl methyl sites for hydroxylation is 1. The predicted octanol–water partition coefficient (Wildman–Crippen LogP) is 2.98. The van der Waals surface area contributed by atoms with Crippen molar-refractivity contribution < 1.29 is 14.6 Å². The number of carbonyl (C=O) groups is 1. The Kier molecular flexibility index (Phi) is 5.99. The Morgan fingerprint density at radius 3 is 2.86 bits per heavy atom. The van der Waals surface area contributed by atoms with Gasteiger partial charge < -0.3 is 15.2 Å². The van der Waals surface area contributed by atoms with Crippen molar-refractivity contribution >= 4 is 17.2 Å². The van der Waals surface area contributed by atoms with Crippen LogP contribution in [0.2, 0.25) is 0 Å². The van der Waals surface area contributed by atoms with Crippen LogP contribution < -0.4 is 5.32 Å². The third kappa shape index (κ3) is 4.70. The number of nitrogens with zero attached hydrogens (tertiary/aromatic N) is 2. The third-order valence-electron chi connectivity index (χ3n) is 5.17. The number of aliphatic hydroxyl groups is 1. The summed E-state index contributed by atoms with van der Waals surface area (Å²) in [4.78, 5) is 21.2. The molecule has 6 nitrogen and oxygen atoms in total. The molecule has 0 bridgehead atoms. The molecule has 2 atom stereocenters. The number of ether oxygens (including phenoxy) is 1. The smallest absolute Gasteiger partial charge is 0.270 e. The van der Waals surface area contributed by atoms with Crippen molar-refractivity contribution in [3.8, 4) is 11.3 Å². The summed E-state index contributed by atoms with van der Waals surface area (Å²) in [5, 5.41) is 14.9. The highest BCUT2D eigenvalue weighted by Gasteiger charge is 2.26. The van der Waals surface area contributed by atoms with E-state index in [1.165, 1.54) is 0 Å². The number of aromatic nitrogens is 2. The molecule has 0 radical (unpaired) electrons. The number of aliphatic hydroxyl groups excluding tert-OH is 1. The number of hydrogen-bond acceptors (Lipinski definition) is 6. The molecule has 1 saturated heterocycles. The summed E-state index contributed by atoms with van der Waals surface area (Å²) in [7, 11) is 0. The van der Waals surface area contributed by atoms with Crippen LogP contribution in [0.4, 0.5) is 0 Å². The van der Waals surface area contributed by atoms with Gasteiger partial charge in [-0.3, -0.25) is 9.78 Å². The summed E-state index contributed by atoms with van der Waals surface area (Å²) < 4.78 is 5.21. The Morgan fingerprint density at radius 2 is 2.14 bits per heavy atom. The summed E-state index contributed by atoms with van der Waals surface area (Å²) in [6.45, 7) is 2.77. The van der Waals surface area contributed by atoms with Crippen LogP contribution in [0, 0.1) is 6.92 Å². The highest BCUT2D eigenvalue weighted by Crippen LogP contribution is 2.21. The highest BCUT2D eigenvalue weighted by molar-refractivity contribution is 7.07. The molecule has 0 saturated carbocycles. The molecule has 0 aliphatic carbocycles. The zero-order chi connectivity index (χ0) is 20.2. The van der Waals surface area contributed by atoms with Crippen LogP contribution in [0.25, 0.3) is 11.3 Å². The van der Waals surface area contributed by atoms with Crippen LogP contribution in [0.5, 0.6) is 0 Å². The molecule has 2 aromatic heterocycles. The average molecular weight is 410 g/mol. The molecule has 1 fully saturated rings. The highest BCUT2D eigenvalue weighted by atomic mass is 32.1. The van der Waals surface area contributed by atoms with Crippen molar-refractivity contribution in [1.82, 2.24) is 15.3 Å². The summed E-state index contributed by atoms with van der Waals surface area (Å²) >= 11 is 1.58. The zero-order valence-electron chi connectivity index (χ0n) is 16.2. The molecule has 1 amide bonds. The van der Waals surface area contributed by atoms with Crippen LogP contribution >= 0.6 is 11.3 Å². The van der Waals surface area contributed by atoms with Crippen molar-refractivity contribution in [3.63, 3.8) is 0 Å². The Morgan fingerprint density at radius 1 is 1.31 bits per heavy atom. The molecule has 29 heavy (non-hydrogen) atoms. The van der Waals surface area contributed by atoms with Gasteiger partial charge in [0.15, 0.2) is 0 Å². The lowest BCUT2D eigenvalue weighted by atomic mass is 9.99. The van der Waals surface area contributed by atoms with Gasteiger partial charge in [0, 0.05) is 23.7 Å². The lowest BCUT2D eigenvalue weighted by Crippen LogP contribution is -2.48. The second-order valence-electron chi connectivity index (χ2n) is 7.25.